The molecule has 0 spiro atoms. The van der Waals surface area contributed by atoms with Gasteiger partial charge in [0.2, 0.25) is 0 Å². The Hall–Kier alpha value is -1.62. The summed E-state index contributed by atoms with van der Waals surface area (Å²) in [7, 11) is 0. The summed E-state index contributed by atoms with van der Waals surface area (Å²) < 4.78 is 0. The van der Waals surface area contributed by atoms with Gasteiger partial charge in [0, 0.05) is 31.4 Å². The zero-order chi connectivity index (χ0) is 13.1. The van der Waals surface area contributed by atoms with E-state index in [9.17, 15) is 4.79 Å². The Kier molecular flexibility index (Phi) is 3.81. The molecule has 3 N–H and O–H groups in total. The second-order valence-corrected chi connectivity index (χ2v) is 5.00. The van der Waals surface area contributed by atoms with E-state index < -0.39 is 0 Å². The molecule has 1 aromatic rings. The van der Waals surface area contributed by atoms with Gasteiger partial charge in [-0.2, -0.15) is 0 Å². The number of nitrogens with one attached hydrogen (secondary N) is 1. The van der Waals surface area contributed by atoms with Gasteiger partial charge in [0.25, 0.3) is 5.91 Å². The zero-order valence-electron chi connectivity index (χ0n) is 10.9. The number of likely N-dealkylation sites (tertiary alicyclic amines) is 1. The molecule has 1 aliphatic rings. The van der Waals surface area contributed by atoms with Gasteiger partial charge in [-0.05, 0) is 32.4 Å². The van der Waals surface area contributed by atoms with Gasteiger partial charge in [-0.3, -0.25) is 4.79 Å². The second-order valence-electron chi connectivity index (χ2n) is 5.00. The molecule has 0 unspecified atom stereocenters. The van der Waals surface area contributed by atoms with Crippen molar-refractivity contribution in [3.63, 3.8) is 0 Å². The minimum Gasteiger partial charge on any atom is -0.367 e. The molecule has 0 saturated carbocycles. The molecule has 1 aromatic heterocycles. The first-order valence-corrected chi connectivity index (χ1v) is 6.34. The molecule has 5 heteroatoms. The van der Waals surface area contributed by atoms with E-state index in [0.717, 1.165) is 13.0 Å². The molecule has 18 heavy (non-hydrogen) atoms. The van der Waals surface area contributed by atoms with E-state index in [1.165, 1.54) is 0 Å². The molecular formula is C13H20N4O. The van der Waals surface area contributed by atoms with Gasteiger partial charge in [0.05, 0.1) is 5.56 Å². The summed E-state index contributed by atoms with van der Waals surface area (Å²) in [6.07, 6.45) is 2.57. The summed E-state index contributed by atoms with van der Waals surface area (Å²) in [6.45, 7) is 5.41. The molecule has 1 aliphatic heterocycles. The van der Waals surface area contributed by atoms with Crippen molar-refractivity contribution in [1.29, 1.82) is 0 Å². The summed E-state index contributed by atoms with van der Waals surface area (Å²) in [5.41, 5.74) is 6.46. The molecule has 1 amide bonds. The number of carbonyl (C=O) groups excluding carboxylic acids is 1. The molecule has 0 bridgehead atoms. The predicted octanol–water partition coefficient (Wildman–Crippen LogP) is 1.08. The van der Waals surface area contributed by atoms with Crippen LogP contribution in [0.4, 0.5) is 5.82 Å². The standard InChI is InChI=1S/C13H20N4O/c1-9(2)16-12-11(4-3-6-15-12)13(18)17-7-5-10(14)8-17/h3-4,6,9-10H,5,7-8,14H2,1-2H3,(H,15,16)/t10-/m1/s1. The molecule has 2 rings (SSSR count). The Morgan fingerprint density at radius 2 is 2.39 bits per heavy atom. The fraction of sp³-hybridized carbons (Fsp3) is 0.538. The SMILES string of the molecule is CC(C)Nc1ncccc1C(=O)N1CC[C@@H](N)C1. The van der Waals surface area contributed by atoms with Crippen molar-refractivity contribution in [1.82, 2.24) is 9.88 Å². The van der Waals surface area contributed by atoms with Crippen LogP contribution in [0.1, 0.15) is 30.6 Å². The van der Waals surface area contributed by atoms with E-state index >= 15 is 0 Å². The number of rotatable bonds is 3. The van der Waals surface area contributed by atoms with Crippen molar-refractivity contribution >= 4 is 11.7 Å². The highest BCUT2D eigenvalue weighted by Gasteiger charge is 2.26. The third kappa shape index (κ3) is 2.79. The van der Waals surface area contributed by atoms with Crippen molar-refractivity contribution in [2.24, 2.45) is 5.73 Å². The van der Waals surface area contributed by atoms with Gasteiger partial charge in [-0.15, -0.1) is 0 Å². The Morgan fingerprint density at radius 1 is 1.61 bits per heavy atom. The monoisotopic (exact) mass is 248 g/mol. The van der Waals surface area contributed by atoms with E-state index in [1.807, 2.05) is 19.9 Å². The maximum Gasteiger partial charge on any atom is 0.257 e. The lowest BCUT2D eigenvalue weighted by Gasteiger charge is -2.19. The molecular weight excluding hydrogens is 228 g/mol. The first-order valence-electron chi connectivity index (χ1n) is 6.34. The van der Waals surface area contributed by atoms with Crippen LogP contribution < -0.4 is 11.1 Å². The molecule has 1 fully saturated rings. The van der Waals surface area contributed by atoms with Crippen molar-refractivity contribution in [2.75, 3.05) is 18.4 Å². The summed E-state index contributed by atoms with van der Waals surface area (Å²) >= 11 is 0. The fourth-order valence-electron chi connectivity index (χ4n) is 2.11. The number of carbonyl (C=O) groups is 1. The molecule has 0 aromatic carbocycles. The minimum absolute atomic E-state index is 0.0131. The molecule has 2 heterocycles. The summed E-state index contributed by atoms with van der Waals surface area (Å²) in [5.74, 6) is 0.664. The number of aromatic nitrogens is 1. The average Bonchev–Trinajstić information content (AvgIpc) is 2.75. The topological polar surface area (TPSA) is 71.2 Å². The smallest absolute Gasteiger partial charge is 0.257 e. The normalized spacial score (nSPS) is 19.3. The van der Waals surface area contributed by atoms with Gasteiger partial charge in [-0.1, -0.05) is 0 Å². The Labute approximate surface area is 107 Å². The molecule has 98 valence electrons. The van der Waals surface area contributed by atoms with Crippen LogP contribution in [0.5, 0.6) is 0 Å². The van der Waals surface area contributed by atoms with Crippen LogP contribution in [0.2, 0.25) is 0 Å². The molecule has 5 nitrogen and oxygen atoms in total. The number of nitrogens with two attached hydrogens (primary N) is 1. The highest BCUT2D eigenvalue weighted by atomic mass is 16.2. The van der Waals surface area contributed by atoms with E-state index in [1.54, 1.807) is 17.2 Å². The lowest BCUT2D eigenvalue weighted by molar-refractivity contribution is 0.0791. The van der Waals surface area contributed by atoms with E-state index in [4.69, 9.17) is 5.73 Å². The Bertz CT molecular complexity index is 433. The van der Waals surface area contributed by atoms with Crippen LogP contribution in [0.3, 0.4) is 0 Å². The molecule has 1 atom stereocenters. The van der Waals surface area contributed by atoms with Crippen molar-refractivity contribution in [3.05, 3.63) is 23.9 Å². The van der Waals surface area contributed by atoms with Crippen LogP contribution >= 0.6 is 0 Å². The summed E-state index contributed by atoms with van der Waals surface area (Å²) in [6, 6.07) is 3.94. The van der Waals surface area contributed by atoms with Gasteiger partial charge < -0.3 is 16.0 Å². The highest BCUT2D eigenvalue weighted by molar-refractivity contribution is 5.98. The van der Waals surface area contributed by atoms with Crippen molar-refractivity contribution in [2.45, 2.75) is 32.4 Å². The van der Waals surface area contributed by atoms with Crippen molar-refractivity contribution < 1.29 is 4.79 Å². The maximum atomic E-state index is 12.4. The molecule has 0 aliphatic carbocycles. The van der Waals surface area contributed by atoms with Crippen molar-refractivity contribution in [3.8, 4) is 0 Å². The number of hydrogen-bond acceptors (Lipinski definition) is 4. The third-order valence-corrected chi connectivity index (χ3v) is 2.98. The van der Waals surface area contributed by atoms with E-state index in [-0.39, 0.29) is 18.0 Å². The maximum absolute atomic E-state index is 12.4. The number of hydrogen-bond donors (Lipinski definition) is 2. The largest absolute Gasteiger partial charge is 0.367 e. The number of anilines is 1. The number of pyridine rings is 1. The third-order valence-electron chi connectivity index (χ3n) is 2.98. The van der Waals surface area contributed by atoms with Crippen LogP contribution in [-0.2, 0) is 0 Å². The Morgan fingerprint density at radius 3 is 3.00 bits per heavy atom. The van der Waals surface area contributed by atoms with Gasteiger partial charge in [-0.25, -0.2) is 4.98 Å². The lowest BCUT2D eigenvalue weighted by Crippen LogP contribution is -2.32. The van der Waals surface area contributed by atoms with E-state index in [2.05, 4.69) is 10.3 Å². The number of amides is 1. The number of nitrogens with zero attached hydrogens (tertiary/aromatic N) is 2. The van der Waals surface area contributed by atoms with Crippen LogP contribution in [0.15, 0.2) is 18.3 Å². The van der Waals surface area contributed by atoms with Gasteiger partial charge in [0.1, 0.15) is 5.82 Å². The van der Waals surface area contributed by atoms with Crippen LogP contribution in [-0.4, -0.2) is 41.0 Å². The highest BCUT2D eigenvalue weighted by Crippen LogP contribution is 2.18. The van der Waals surface area contributed by atoms with Crippen LogP contribution in [0, 0.1) is 0 Å². The fourth-order valence-corrected chi connectivity index (χ4v) is 2.11. The quantitative estimate of drug-likeness (QED) is 0.839. The summed E-state index contributed by atoms with van der Waals surface area (Å²) in [5, 5.41) is 3.20. The second kappa shape index (κ2) is 5.35. The zero-order valence-corrected chi connectivity index (χ0v) is 10.9. The average molecular weight is 248 g/mol. The minimum atomic E-state index is 0.0131. The van der Waals surface area contributed by atoms with Gasteiger partial charge >= 0.3 is 0 Å². The van der Waals surface area contributed by atoms with Crippen LogP contribution in [0.25, 0.3) is 0 Å². The first-order chi connectivity index (χ1) is 8.58. The Balaban J connectivity index is 2.19. The summed E-state index contributed by atoms with van der Waals surface area (Å²) in [4.78, 5) is 18.4. The van der Waals surface area contributed by atoms with E-state index in [0.29, 0.717) is 17.9 Å². The lowest BCUT2D eigenvalue weighted by atomic mass is 10.2. The molecule has 1 saturated heterocycles. The first kappa shape index (κ1) is 12.8. The predicted molar refractivity (Wildman–Crippen MR) is 71.5 cm³/mol. The van der Waals surface area contributed by atoms with Gasteiger partial charge in [0.15, 0.2) is 0 Å². The molecule has 0 radical (unpaired) electrons.